The third-order valence-electron chi connectivity index (χ3n) is 5.80. The molecule has 1 aromatic heterocycles. The fourth-order valence-electron chi connectivity index (χ4n) is 4.09. The van der Waals surface area contributed by atoms with Crippen molar-refractivity contribution in [2.75, 3.05) is 5.75 Å². The number of fused-ring (bicyclic) bond motifs is 1. The van der Waals surface area contributed by atoms with E-state index in [0.29, 0.717) is 28.1 Å². The fourth-order valence-corrected chi connectivity index (χ4v) is 5.77. The summed E-state index contributed by atoms with van der Waals surface area (Å²) in [5.41, 5.74) is 3.21. The molecule has 0 spiro atoms. The van der Waals surface area contributed by atoms with E-state index in [1.807, 2.05) is 18.2 Å². The molecule has 0 bridgehead atoms. The molecular weight excluding hydrogens is 460 g/mol. The van der Waals surface area contributed by atoms with Crippen molar-refractivity contribution in [3.8, 4) is 0 Å². The minimum atomic E-state index is -0.588. The van der Waals surface area contributed by atoms with E-state index >= 15 is 0 Å². The normalized spacial score (nSPS) is 22.8. The Kier molecular flexibility index (Phi) is 6.37. The summed E-state index contributed by atoms with van der Waals surface area (Å²) >= 11 is 2.33. The molecule has 1 aromatic carbocycles. The number of Topliss-reactive ketones (excluding diaryl/α,β-unsaturated/α-hetero) is 1. The Hall–Kier alpha value is -2.85. The fraction of sp³-hybridized carbons (Fsp3) is 0.348. The van der Waals surface area contributed by atoms with Gasteiger partial charge in [0.05, 0.1) is 23.8 Å². The van der Waals surface area contributed by atoms with Crippen LogP contribution in [-0.2, 0) is 24.2 Å². The van der Waals surface area contributed by atoms with Gasteiger partial charge in [0.25, 0.3) is 5.24 Å². The molecule has 2 saturated heterocycles. The summed E-state index contributed by atoms with van der Waals surface area (Å²) in [6.07, 6.45) is 6.01. The van der Waals surface area contributed by atoms with Crippen LogP contribution in [0.4, 0.5) is 4.79 Å². The van der Waals surface area contributed by atoms with Crippen LogP contribution >= 0.6 is 23.5 Å². The zero-order chi connectivity index (χ0) is 22.8. The molecule has 1 aliphatic carbocycles. The summed E-state index contributed by atoms with van der Waals surface area (Å²) < 4.78 is 5.40. The number of ketones is 1. The van der Waals surface area contributed by atoms with E-state index in [1.165, 1.54) is 34.2 Å². The molecular formula is C23H22N4O4S2. The van der Waals surface area contributed by atoms with Crippen molar-refractivity contribution in [2.24, 2.45) is 10.2 Å². The topological polar surface area (TPSA) is 104 Å². The molecule has 3 heterocycles. The molecule has 8 nitrogen and oxygen atoms in total. The van der Waals surface area contributed by atoms with E-state index in [1.54, 1.807) is 18.4 Å². The van der Waals surface area contributed by atoms with Gasteiger partial charge in [0.2, 0.25) is 5.91 Å². The molecule has 170 valence electrons. The van der Waals surface area contributed by atoms with Crippen molar-refractivity contribution >= 4 is 51.5 Å². The smallest absolute Gasteiger partial charge is 0.284 e. The lowest BCUT2D eigenvalue weighted by atomic mass is 9.89. The van der Waals surface area contributed by atoms with E-state index in [9.17, 15) is 14.4 Å². The van der Waals surface area contributed by atoms with Crippen molar-refractivity contribution in [1.29, 1.82) is 0 Å². The first kappa shape index (κ1) is 22.0. The number of nitrogens with one attached hydrogen (secondary N) is 1. The van der Waals surface area contributed by atoms with Crippen molar-refractivity contribution in [1.82, 2.24) is 10.2 Å². The molecule has 2 aliphatic heterocycles. The second kappa shape index (κ2) is 9.56. The van der Waals surface area contributed by atoms with E-state index in [4.69, 9.17) is 4.42 Å². The number of amidine groups is 2. The molecule has 0 radical (unpaired) electrons. The van der Waals surface area contributed by atoms with Crippen molar-refractivity contribution in [2.45, 2.75) is 43.9 Å². The van der Waals surface area contributed by atoms with Crippen LogP contribution in [0.2, 0.25) is 0 Å². The number of hydrogen-bond acceptors (Lipinski definition) is 8. The molecule has 2 fully saturated rings. The van der Waals surface area contributed by atoms with E-state index in [2.05, 4.69) is 15.5 Å². The highest BCUT2D eigenvalue weighted by Gasteiger charge is 2.40. The molecule has 5 rings (SSSR count). The van der Waals surface area contributed by atoms with Crippen molar-refractivity contribution in [3.05, 3.63) is 59.0 Å². The van der Waals surface area contributed by atoms with Crippen LogP contribution in [0, 0.1) is 0 Å². The molecule has 0 saturated carbocycles. The van der Waals surface area contributed by atoms with Gasteiger partial charge in [0, 0.05) is 12.0 Å². The molecule has 3 aliphatic rings. The standard InChI is InChI=1S/C23H22N4O4S2/c28-18(16-8-7-14-4-1-2-5-15(14)10-16)11-19-21(29)27(12-17-6-3-9-31-17)22(33-19)26-25-20-13-32-23(30)24-20/h3,6-10,19H,1-2,4-5,11-13H2,(H,24,25,30)/b26-22+/t19-/m1/s1. The lowest BCUT2D eigenvalue weighted by Crippen LogP contribution is -2.32. The van der Waals surface area contributed by atoms with Gasteiger partial charge in [-0.05, 0) is 55.0 Å². The molecule has 1 N–H and O–H groups in total. The number of furan rings is 1. The lowest BCUT2D eigenvalue weighted by molar-refractivity contribution is -0.126. The van der Waals surface area contributed by atoms with Gasteiger partial charge < -0.3 is 9.73 Å². The van der Waals surface area contributed by atoms with Crippen LogP contribution in [0.1, 0.15) is 46.5 Å². The van der Waals surface area contributed by atoms with Gasteiger partial charge in [0.15, 0.2) is 11.0 Å². The first-order chi connectivity index (χ1) is 16.1. The van der Waals surface area contributed by atoms with E-state index in [-0.39, 0.29) is 29.9 Å². The first-order valence-electron chi connectivity index (χ1n) is 10.8. The van der Waals surface area contributed by atoms with E-state index in [0.717, 1.165) is 31.0 Å². The summed E-state index contributed by atoms with van der Waals surface area (Å²) in [6, 6.07) is 9.44. The summed E-state index contributed by atoms with van der Waals surface area (Å²) in [4.78, 5) is 39.1. The number of rotatable bonds is 6. The van der Waals surface area contributed by atoms with Crippen LogP contribution < -0.4 is 5.32 Å². The zero-order valence-corrected chi connectivity index (χ0v) is 19.4. The average Bonchev–Trinajstić information content (AvgIpc) is 3.55. The summed E-state index contributed by atoms with van der Waals surface area (Å²) in [7, 11) is 0. The van der Waals surface area contributed by atoms with Crippen LogP contribution in [0.5, 0.6) is 0 Å². The third-order valence-corrected chi connectivity index (χ3v) is 7.75. The molecule has 33 heavy (non-hydrogen) atoms. The van der Waals surface area contributed by atoms with E-state index < -0.39 is 5.25 Å². The van der Waals surface area contributed by atoms with Gasteiger partial charge in [0.1, 0.15) is 11.6 Å². The number of nitrogens with zero attached hydrogens (tertiary/aromatic N) is 3. The van der Waals surface area contributed by atoms with Gasteiger partial charge in [-0.2, -0.15) is 0 Å². The second-order valence-electron chi connectivity index (χ2n) is 8.06. The van der Waals surface area contributed by atoms with Gasteiger partial charge in [-0.15, -0.1) is 10.2 Å². The SMILES string of the molecule is O=C1N/C(=N/N=C2/S[C@H](CC(=O)c3ccc4c(c3)CCCC4)C(=O)N2Cc2ccco2)CS1. The number of hydrogen-bond donors (Lipinski definition) is 1. The van der Waals surface area contributed by atoms with Gasteiger partial charge >= 0.3 is 0 Å². The van der Waals surface area contributed by atoms with Crippen LogP contribution in [0.15, 0.2) is 51.2 Å². The summed E-state index contributed by atoms with van der Waals surface area (Å²) in [5, 5.41) is 10.6. The minimum Gasteiger partial charge on any atom is -0.467 e. The first-order valence-corrected chi connectivity index (χ1v) is 12.7. The maximum atomic E-state index is 13.2. The molecule has 2 amide bonds. The van der Waals surface area contributed by atoms with Crippen molar-refractivity contribution in [3.63, 3.8) is 0 Å². The highest BCUT2D eigenvalue weighted by atomic mass is 32.2. The number of benzene rings is 1. The maximum Gasteiger partial charge on any atom is 0.284 e. The maximum absolute atomic E-state index is 13.2. The molecule has 2 aromatic rings. The third kappa shape index (κ3) is 4.91. The van der Waals surface area contributed by atoms with Crippen LogP contribution in [0.25, 0.3) is 0 Å². The van der Waals surface area contributed by atoms with Gasteiger partial charge in [-0.1, -0.05) is 35.7 Å². The van der Waals surface area contributed by atoms with Gasteiger partial charge in [-0.25, -0.2) is 0 Å². The Balaban J connectivity index is 1.34. The molecule has 0 unspecified atom stereocenters. The van der Waals surface area contributed by atoms with Crippen LogP contribution in [-0.4, -0.2) is 43.8 Å². The number of carbonyl (C=O) groups excluding carboxylic acids is 3. The molecule has 1 atom stereocenters. The van der Waals surface area contributed by atoms with Crippen LogP contribution in [0.3, 0.4) is 0 Å². The quantitative estimate of drug-likeness (QED) is 0.493. The predicted molar refractivity (Wildman–Crippen MR) is 129 cm³/mol. The Morgan fingerprint density at radius 2 is 2.00 bits per heavy atom. The number of carbonyl (C=O) groups is 3. The van der Waals surface area contributed by atoms with Crippen molar-refractivity contribution < 1.29 is 18.8 Å². The minimum absolute atomic E-state index is 0.0563. The summed E-state index contributed by atoms with van der Waals surface area (Å²) in [6.45, 7) is 0.202. The molecule has 10 heteroatoms. The Morgan fingerprint density at radius 1 is 1.15 bits per heavy atom. The predicted octanol–water partition coefficient (Wildman–Crippen LogP) is 4.00. The highest BCUT2D eigenvalue weighted by Crippen LogP contribution is 2.32. The Bertz CT molecular complexity index is 1160. The second-order valence-corrected chi connectivity index (χ2v) is 10.2. The summed E-state index contributed by atoms with van der Waals surface area (Å²) in [5.74, 6) is 1.20. The van der Waals surface area contributed by atoms with Gasteiger partial charge in [-0.3, -0.25) is 19.3 Å². The number of aryl methyl sites for hydroxylation is 2. The number of amides is 2. The monoisotopic (exact) mass is 482 g/mol. The Labute approximate surface area is 199 Å². The number of thioether (sulfide) groups is 2. The lowest BCUT2D eigenvalue weighted by Gasteiger charge is -2.16. The largest absolute Gasteiger partial charge is 0.467 e. The average molecular weight is 483 g/mol. The zero-order valence-electron chi connectivity index (χ0n) is 17.8. The highest BCUT2D eigenvalue weighted by molar-refractivity contribution is 8.15. The Morgan fingerprint density at radius 3 is 2.76 bits per heavy atom.